The molecule has 0 aliphatic rings. The van der Waals surface area contributed by atoms with Gasteiger partial charge in [0.25, 0.3) is 0 Å². The third-order valence-corrected chi connectivity index (χ3v) is 3.74. The summed E-state index contributed by atoms with van der Waals surface area (Å²) < 4.78 is 0. The number of urea groups is 1. The Balaban J connectivity index is 2.40. The lowest BCUT2D eigenvalue weighted by atomic mass is 10.2. The molecule has 0 saturated carbocycles. The summed E-state index contributed by atoms with van der Waals surface area (Å²) in [6.45, 7) is 2.13. The van der Waals surface area contributed by atoms with Crippen molar-refractivity contribution in [2.75, 3.05) is 6.61 Å². The third-order valence-electron chi connectivity index (χ3n) is 2.51. The van der Waals surface area contributed by atoms with E-state index in [1.54, 1.807) is 11.3 Å². The normalized spacial score (nSPS) is 11.9. The molecule has 0 radical (unpaired) electrons. The van der Waals surface area contributed by atoms with E-state index < -0.39 is 18.0 Å². The van der Waals surface area contributed by atoms with Crippen molar-refractivity contribution < 1.29 is 19.8 Å². The van der Waals surface area contributed by atoms with Crippen molar-refractivity contribution in [2.24, 2.45) is 0 Å². The molecule has 4 N–H and O–H groups in total. The van der Waals surface area contributed by atoms with Crippen molar-refractivity contribution >= 4 is 23.3 Å². The van der Waals surface area contributed by atoms with Crippen molar-refractivity contribution in [2.45, 2.75) is 32.4 Å². The van der Waals surface area contributed by atoms with E-state index in [2.05, 4.69) is 17.6 Å². The van der Waals surface area contributed by atoms with E-state index in [1.165, 1.54) is 4.88 Å². The topological polar surface area (TPSA) is 98.7 Å². The van der Waals surface area contributed by atoms with Gasteiger partial charge in [0, 0.05) is 22.8 Å². The van der Waals surface area contributed by atoms with Crippen LogP contribution in [0.15, 0.2) is 12.1 Å². The van der Waals surface area contributed by atoms with Gasteiger partial charge in [-0.15, -0.1) is 11.3 Å². The summed E-state index contributed by atoms with van der Waals surface area (Å²) in [5.41, 5.74) is 0. The molecule has 6 nitrogen and oxygen atoms in total. The molecule has 0 saturated heterocycles. The van der Waals surface area contributed by atoms with Crippen LogP contribution in [0.3, 0.4) is 0 Å². The molecule has 0 spiro atoms. The number of hydrogen-bond donors (Lipinski definition) is 4. The van der Waals surface area contributed by atoms with Crippen LogP contribution in [0.5, 0.6) is 0 Å². The second kappa shape index (κ2) is 7.75. The zero-order valence-corrected chi connectivity index (χ0v) is 11.5. The molecule has 0 bridgehead atoms. The Kier molecular flexibility index (Phi) is 6.31. The lowest BCUT2D eigenvalue weighted by Crippen LogP contribution is -2.46. The summed E-state index contributed by atoms with van der Waals surface area (Å²) in [4.78, 5) is 24.6. The molecule has 1 aromatic heterocycles. The Morgan fingerprint density at radius 2 is 2.05 bits per heavy atom. The van der Waals surface area contributed by atoms with Gasteiger partial charge in [-0.1, -0.05) is 6.92 Å². The third kappa shape index (κ3) is 5.27. The summed E-state index contributed by atoms with van der Waals surface area (Å²) in [6.07, 6.45) is 0.941. The first-order chi connectivity index (χ1) is 9.06. The summed E-state index contributed by atoms with van der Waals surface area (Å²) in [6, 6.07) is 2.32. The number of carbonyl (C=O) groups excluding carboxylic acids is 1. The number of nitrogens with one attached hydrogen (secondary N) is 2. The highest BCUT2D eigenvalue weighted by Gasteiger charge is 2.18. The fourth-order valence-electron chi connectivity index (χ4n) is 1.47. The maximum Gasteiger partial charge on any atom is 0.326 e. The molecule has 19 heavy (non-hydrogen) atoms. The summed E-state index contributed by atoms with van der Waals surface area (Å²) in [7, 11) is 0. The molecule has 1 atom stereocenters. The smallest absolute Gasteiger partial charge is 0.326 e. The first-order valence-corrected chi connectivity index (χ1v) is 6.84. The van der Waals surface area contributed by atoms with Gasteiger partial charge in [-0.2, -0.15) is 0 Å². The minimum Gasteiger partial charge on any atom is -0.480 e. The van der Waals surface area contributed by atoms with Crippen LogP contribution in [0.1, 0.15) is 23.1 Å². The van der Waals surface area contributed by atoms with Crippen LogP contribution in [0.25, 0.3) is 0 Å². The molecule has 106 valence electrons. The van der Waals surface area contributed by atoms with Crippen LogP contribution in [-0.2, 0) is 17.8 Å². The maximum atomic E-state index is 11.5. The average molecular weight is 286 g/mol. The fourth-order valence-corrected chi connectivity index (χ4v) is 2.37. The molecule has 1 unspecified atom stereocenters. The van der Waals surface area contributed by atoms with Gasteiger partial charge in [0.05, 0.1) is 6.54 Å². The Morgan fingerprint density at radius 1 is 1.37 bits per heavy atom. The Hall–Kier alpha value is -1.60. The molecule has 0 aromatic carbocycles. The number of aliphatic carboxylic acids is 1. The van der Waals surface area contributed by atoms with Gasteiger partial charge in [-0.3, -0.25) is 0 Å². The predicted molar refractivity (Wildman–Crippen MR) is 72.2 cm³/mol. The fraction of sp³-hybridized carbons (Fsp3) is 0.500. The molecule has 2 amide bonds. The molecular weight excluding hydrogens is 268 g/mol. The molecular formula is C12H18N2O4S. The van der Waals surface area contributed by atoms with Gasteiger partial charge in [0.1, 0.15) is 6.04 Å². The second-order valence-corrected chi connectivity index (χ2v) is 5.20. The largest absolute Gasteiger partial charge is 0.480 e. The van der Waals surface area contributed by atoms with E-state index >= 15 is 0 Å². The Labute approximate surface area is 115 Å². The van der Waals surface area contributed by atoms with Gasteiger partial charge < -0.3 is 20.8 Å². The van der Waals surface area contributed by atoms with Gasteiger partial charge >= 0.3 is 12.0 Å². The monoisotopic (exact) mass is 286 g/mol. The molecule has 1 aromatic rings. The number of hydrogen-bond acceptors (Lipinski definition) is 4. The number of aryl methyl sites for hydroxylation is 1. The van der Waals surface area contributed by atoms with Gasteiger partial charge in [-0.25, -0.2) is 9.59 Å². The SMILES string of the molecule is CCc1ccc(CNC(=O)NC(CCO)C(=O)O)s1. The molecule has 1 rings (SSSR count). The first kappa shape index (κ1) is 15.5. The standard InChI is InChI=1S/C12H18N2O4S/c1-2-8-3-4-9(19-8)7-13-12(18)14-10(5-6-15)11(16)17/h3-4,10,15H,2,5-7H2,1H3,(H,16,17)(H2,13,14,18). The van der Waals surface area contributed by atoms with E-state index in [0.717, 1.165) is 11.3 Å². The van der Waals surface area contributed by atoms with Gasteiger partial charge in [0.15, 0.2) is 0 Å². The van der Waals surface area contributed by atoms with Gasteiger partial charge in [-0.05, 0) is 18.6 Å². The molecule has 0 aliphatic heterocycles. The van der Waals surface area contributed by atoms with E-state index in [0.29, 0.717) is 6.54 Å². The number of thiophene rings is 1. The second-order valence-electron chi connectivity index (χ2n) is 3.95. The van der Waals surface area contributed by atoms with Gasteiger partial charge in [0.2, 0.25) is 0 Å². The zero-order chi connectivity index (χ0) is 14.3. The van der Waals surface area contributed by atoms with E-state index in [4.69, 9.17) is 10.2 Å². The lowest BCUT2D eigenvalue weighted by Gasteiger charge is -2.13. The average Bonchev–Trinajstić information content (AvgIpc) is 2.83. The highest BCUT2D eigenvalue weighted by atomic mass is 32.1. The highest BCUT2D eigenvalue weighted by Crippen LogP contribution is 2.16. The number of aliphatic hydroxyl groups excluding tert-OH is 1. The number of carboxylic acids is 1. The molecule has 0 aliphatic carbocycles. The number of aliphatic hydroxyl groups is 1. The first-order valence-electron chi connectivity index (χ1n) is 6.02. The lowest BCUT2D eigenvalue weighted by molar-refractivity contribution is -0.139. The Morgan fingerprint density at radius 3 is 2.58 bits per heavy atom. The van der Waals surface area contributed by atoms with Crippen LogP contribution in [0, 0.1) is 0 Å². The minimum atomic E-state index is -1.16. The van der Waals surface area contributed by atoms with E-state index in [1.807, 2.05) is 12.1 Å². The highest BCUT2D eigenvalue weighted by molar-refractivity contribution is 7.11. The van der Waals surface area contributed by atoms with Crippen LogP contribution >= 0.6 is 11.3 Å². The Bertz CT molecular complexity index is 433. The van der Waals surface area contributed by atoms with Crippen molar-refractivity contribution in [1.82, 2.24) is 10.6 Å². The maximum absolute atomic E-state index is 11.5. The van der Waals surface area contributed by atoms with Crippen LogP contribution in [-0.4, -0.2) is 34.9 Å². The van der Waals surface area contributed by atoms with Crippen molar-refractivity contribution in [1.29, 1.82) is 0 Å². The summed E-state index contributed by atoms with van der Waals surface area (Å²) in [5, 5.41) is 22.4. The summed E-state index contributed by atoms with van der Waals surface area (Å²) >= 11 is 1.61. The van der Waals surface area contributed by atoms with Crippen molar-refractivity contribution in [3.63, 3.8) is 0 Å². The van der Waals surface area contributed by atoms with Crippen LogP contribution < -0.4 is 10.6 Å². The van der Waals surface area contributed by atoms with E-state index in [-0.39, 0.29) is 13.0 Å². The van der Waals surface area contributed by atoms with E-state index in [9.17, 15) is 9.59 Å². The quantitative estimate of drug-likeness (QED) is 0.599. The predicted octanol–water partition coefficient (Wildman–Crippen LogP) is 0.945. The van der Waals surface area contributed by atoms with Crippen molar-refractivity contribution in [3.8, 4) is 0 Å². The number of rotatable bonds is 7. The number of carboxylic acid groups (broad SMARTS) is 1. The zero-order valence-electron chi connectivity index (χ0n) is 10.7. The number of carbonyl (C=O) groups is 2. The van der Waals surface area contributed by atoms with Crippen molar-refractivity contribution in [3.05, 3.63) is 21.9 Å². The molecule has 1 heterocycles. The number of amides is 2. The van der Waals surface area contributed by atoms with Crippen LogP contribution in [0.4, 0.5) is 4.79 Å². The minimum absolute atomic E-state index is 0.0122. The molecule has 0 fully saturated rings. The summed E-state index contributed by atoms with van der Waals surface area (Å²) in [5.74, 6) is -1.16. The molecule has 7 heteroatoms. The van der Waals surface area contributed by atoms with Crippen LogP contribution in [0.2, 0.25) is 0 Å².